The average Bonchev–Trinajstić information content (AvgIpc) is 2.54. The van der Waals surface area contributed by atoms with Crippen LogP contribution in [0.25, 0.3) is 0 Å². The van der Waals surface area contributed by atoms with E-state index in [1.807, 2.05) is 0 Å². The normalized spacial score (nSPS) is 13.9. The van der Waals surface area contributed by atoms with Crippen LogP contribution in [0.15, 0.2) is 30.6 Å². The SMILES string of the molecule is CCc1ccc(N(C)c2ncnc3c2CNCC3)cc1. The van der Waals surface area contributed by atoms with Crippen LogP contribution in [0.1, 0.15) is 23.7 Å². The molecule has 20 heavy (non-hydrogen) atoms. The second-order valence-corrected chi connectivity index (χ2v) is 5.13. The summed E-state index contributed by atoms with van der Waals surface area (Å²) in [6.45, 7) is 4.02. The van der Waals surface area contributed by atoms with Crippen LogP contribution >= 0.6 is 0 Å². The zero-order valence-electron chi connectivity index (χ0n) is 12.1. The van der Waals surface area contributed by atoms with Crippen LogP contribution in [0.5, 0.6) is 0 Å². The van der Waals surface area contributed by atoms with Crippen LogP contribution in [0.2, 0.25) is 0 Å². The number of rotatable bonds is 3. The number of aromatic nitrogens is 2. The topological polar surface area (TPSA) is 41.1 Å². The molecular weight excluding hydrogens is 248 g/mol. The van der Waals surface area contributed by atoms with Crippen molar-refractivity contribution in [2.24, 2.45) is 0 Å². The van der Waals surface area contributed by atoms with Crippen LogP contribution in [0.4, 0.5) is 11.5 Å². The van der Waals surface area contributed by atoms with Gasteiger partial charge in [-0.3, -0.25) is 0 Å². The van der Waals surface area contributed by atoms with Crippen molar-refractivity contribution >= 4 is 11.5 Å². The summed E-state index contributed by atoms with van der Waals surface area (Å²) in [7, 11) is 2.07. The Balaban J connectivity index is 1.95. The minimum atomic E-state index is 0.850. The average molecular weight is 268 g/mol. The number of hydrogen-bond acceptors (Lipinski definition) is 4. The minimum Gasteiger partial charge on any atom is -0.329 e. The molecule has 0 aliphatic carbocycles. The van der Waals surface area contributed by atoms with Crippen molar-refractivity contribution in [1.82, 2.24) is 15.3 Å². The summed E-state index contributed by atoms with van der Waals surface area (Å²) in [4.78, 5) is 11.0. The summed E-state index contributed by atoms with van der Waals surface area (Å²) in [5, 5.41) is 3.40. The van der Waals surface area contributed by atoms with Gasteiger partial charge in [0.15, 0.2) is 0 Å². The van der Waals surface area contributed by atoms with Gasteiger partial charge in [-0.05, 0) is 24.1 Å². The highest BCUT2D eigenvalue weighted by Gasteiger charge is 2.18. The molecule has 1 N–H and O–H groups in total. The Labute approximate surface area is 119 Å². The zero-order chi connectivity index (χ0) is 13.9. The number of hydrogen-bond donors (Lipinski definition) is 1. The Hall–Kier alpha value is -1.94. The van der Waals surface area contributed by atoms with Gasteiger partial charge in [0.1, 0.15) is 12.1 Å². The number of fused-ring (bicyclic) bond motifs is 1. The molecule has 0 spiro atoms. The van der Waals surface area contributed by atoms with Crippen LogP contribution in [-0.4, -0.2) is 23.6 Å². The monoisotopic (exact) mass is 268 g/mol. The van der Waals surface area contributed by atoms with E-state index in [4.69, 9.17) is 0 Å². The molecule has 2 aromatic rings. The van der Waals surface area contributed by atoms with Gasteiger partial charge in [0, 0.05) is 37.8 Å². The summed E-state index contributed by atoms with van der Waals surface area (Å²) in [6, 6.07) is 8.67. The van der Waals surface area contributed by atoms with Gasteiger partial charge in [0.25, 0.3) is 0 Å². The molecule has 104 valence electrons. The van der Waals surface area contributed by atoms with Gasteiger partial charge in [-0.1, -0.05) is 19.1 Å². The summed E-state index contributed by atoms with van der Waals surface area (Å²) in [5.41, 5.74) is 4.91. The molecular formula is C16H20N4. The molecule has 0 saturated heterocycles. The number of nitrogens with one attached hydrogen (secondary N) is 1. The molecule has 0 unspecified atom stereocenters. The summed E-state index contributed by atoms with van der Waals surface area (Å²) < 4.78 is 0. The Kier molecular flexibility index (Phi) is 3.65. The molecule has 1 aliphatic heterocycles. The van der Waals surface area contributed by atoms with E-state index in [2.05, 4.69) is 58.4 Å². The molecule has 0 radical (unpaired) electrons. The Morgan fingerprint density at radius 1 is 1.20 bits per heavy atom. The largest absolute Gasteiger partial charge is 0.329 e. The Morgan fingerprint density at radius 3 is 2.75 bits per heavy atom. The number of aryl methyl sites for hydroxylation is 1. The lowest BCUT2D eigenvalue weighted by molar-refractivity contribution is 0.625. The van der Waals surface area contributed by atoms with E-state index in [0.29, 0.717) is 0 Å². The van der Waals surface area contributed by atoms with Crippen molar-refractivity contribution in [3.63, 3.8) is 0 Å². The molecule has 0 amide bonds. The third-order valence-corrected chi connectivity index (χ3v) is 3.90. The molecule has 1 aromatic heterocycles. The lowest BCUT2D eigenvalue weighted by atomic mass is 10.1. The first-order valence-corrected chi connectivity index (χ1v) is 7.15. The number of anilines is 2. The first-order chi connectivity index (χ1) is 9.79. The van der Waals surface area contributed by atoms with Crippen molar-refractivity contribution in [2.45, 2.75) is 26.3 Å². The van der Waals surface area contributed by atoms with E-state index in [1.165, 1.54) is 16.8 Å². The highest BCUT2D eigenvalue weighted by Crippen LogP contribution is 2.27. The molecule has 1 aromatic carbocycles. The zero-order valence-corrected chi connectivity index (χ0v) is 12.1. The third kappa shape index (κ3) is 2.39. The quantitative estimate of drug-likeness (QED) is 0.928. The van der Waals surface area contributed by atoms with Gasteiger partial charge in [0.2, 0.25) is 0 Å². The highest BCUT2D eigenvalue weighted by atomic mass is 15.2. The molecule has 0 atom stereocenters. The summed E-state index contributed by atoms with van der Waals surface area (Å²) in [6.07, 6.45) is 3.72. The molecule has 0 fully saturated rings. The fourth-order valence-corrected chi connectivity index (χ4v) is 2.62. The van der Waals surface area contributed by atoms with Crippen LogP contribution < -0.4 is 10.2 Å². The van der Waals surface area contributed by atoms with Crippen molar-refractivity contribution in [1.29, 1.82) is 0 Å². The van der Waals surface area contributed by atoms with Crippen LogP contribution in [0.3, 0.4) is 0 Å². The first-order valence-electron chi connectivity index (χ1n) is 7.15. The molecule has 4 nitrogen and oxygen atoms in total. The molecule has 0 saturated carbocycles. The van der Waals surface area contributed by atoms with E-state index in [-0.39, 0.29) is 0 Å². The maximum Gasteiger partial charge on any atom is 0.140 e. The van der Waals surface area contributed by atoms with Gasteiger partial charge < -0.3 is 10.2 Å². The second-order valence-electron chi connectivity index (χ2n) is 5.13. The van der Waals surface area contributed by atoms with E-state index in [9.17, 15) is 0 Å². The van der Waals surface area contributed by atoms with Crippen molar-refractivity contribution < 1.29 is 0 Å². The van der Waals surface area contributed by atoms with Crippen molar-refractivity contribution in [3.05, 3.63) is 47.4 Å². The Morgan fingerprint density at radius 2 is 2.00 bits per heavy atom. The molecule has 2 heterocycles. The number of nitrogens with zero attached hydrogens (tertiary/aromatic N) is 3. The Bertz CT molecular complexity index is 592. The summed E-state index contributed by atoms with van der Waals surface area (Å²) in [5.74, 6) is 1.01. The maximum absolute atomic E-state index is 4.49. The predicted octanol–water partition coefficient (Wildman–Crippen LogP) is 2.45. The lowest BCUT2D eigenvalue weighted by Crippen LogP contribution is -2.27. The maximum atomic E-state index is 4.49. The standard InChI is InChI=1S/C16H20N4/c1-3-12-4-6-13(7-5-12)20(2)16-14-10-17-9-8-15(14)18-11-19-16/h4-7,11,17H,3,8-10H2,1-2H3. The van der Waals surface area contributed by atoms with E-state index < -0.39 is 0 Å². The summed E-state index contributed by atoms with van der Waals surface area (Å²) >= 11 is 0. The van der Waals surface area contributed by atoms with Gasteiger partial charge >= 0.3 is 0 Å². The van der Waals surface area contributed by atoms with Crippen molar-refractivity contribution in [3.8, 4) is 0 Å². The molecule has 1 aliphatic rings. The third-order valence-electron chi connectivity index (χ3n) is 3.90. The van der Waals surface area contributed by atoms with E-state index in [0.717, 1.165) is 37.4 Å². The van der Waals surface area contributed by atoms with Crippen LogP contribution in [-0.2, 0) is 19.4 Å². The fourth-order valence-electron chi connectivity index (χ4n) is 2.62. The van der Waals surface area contributed by atoms with Crippen LogP contribution in [0, 0.1) is 0 Å². The van der Waals surface area contributed by atoms with Gasteiger partial charge in [-0.25, -0.2) is 9.97 Å². The highest BCUT2D eigenvalue weighted by molar-refractivity contribution is 5.63. The van der Waals surface area contributed by atoms with Crippen molar-refractivity contribution in [2.75, 3.05) is 18.5 Å². The van der Waals surface area contributed by atoms with Gasteiger partial charge in [-0.15, -0.1) is 0 Å². The molecule has 4 heteroatoms. The fraction of sp³-hybridized carbons (Fsp3) is 0.375. The number of benzene rings is 1. The smallest absolute Gasteiger partial charge is 0.140 e. The van der Waals surface area contributed by atoms with Gasteiger partial charge in [-0.2, -0.15) is 0 Å². The molecule has 0 bridgehead atoms. The predicted molar refractivity (Wildman–Crippen MR) is 81.3 cm³/mol. The molecule has 3 rings (SSSR count). The minimum absolute atomic E-state index is 0.850. The first kappa shape index (κ1) is 13.1. The second kappa shape index (κ2) is 5.59. The van der Waals surface area contributed by atoms with E-state index >= 15 is 0 Å². The van der Waals surface area contributed by atoms with E-state index in [1.54, 1.807) is 6.33 Å². The van der Waals surface area contributed by atoms with Gasteiger partial charge in [0.05, 0.1) is 5.69 Å². The lowest BCUT2D eigenvalue weighted by Gasteiger charge is -2.25.